The van der Waals surface area contributed by atoms with Gasteiger partial charge in [0.2, 0.25) is 11.5 Å². The van der Waals surface area contributed by atoms with E-state index in [0.717, 1.165) is 0 Å². The number of benzene rings is 1. The Morgan fingerprint density at radius 2 is 1.30 bits per heavy atom. The number of fused-ring (bicyclic) bond motifs is 2. The molecule has 5 rings (SSSR count). The minimum atomic E-state index is -1.33. The van der Waals surface area contributed by atoms with Crippen LogP contribution in [-0.2, 0) is 33.3 Å². The summed E-state index contributed by atoms with van der Waals surface area (Å²) in [6, 6.07) is 6.51. The highest BCUT2D eigenvalue weighted by molar-refractivity contribution is 6.05. The average Bonchev–Trinajstić information content (AvgIpc) is 3.45. The molecule has 1 aliphatic carbocycles. The predicted molar refractivity (Wildman–Crippen MR) is 201 cm³/mol. The minimum Gasteiger partial charge on any atom is -0.497 e. The third kappa shape index (κ3) is 9.81. The zero-order chi connectivity index (χ0) is 40.5. The van der Waals surface area contributed by atoms with Gasteiger partial charge in [0.25, 0.3) is 5.91 Å². The summed E-state index contributed by atoms with van der Waals surface area (Å²) in [5.41, 5.74) is -4.23. The van der Waals surface area contributed by atoms with Crippen molar-refractivity contribution in [3.05, 3.63) is 35.7 Å². The van der Waals surface area contributed by atoms with E-state index in [0.29, 0.717) is 44.1 Å². The molecule has 14 heteroatoms. The SMILES string of the molecule is CC.CCOCCC(C)(C)OCC12CC(COC(C)(C)CCOC)(C1)C(=O)Oc1c(c(C(=O)N(C)C)n(-c3ccc(OC)cc3)c1C(=O)OCC)OC2=O. The molecule has 1 saturated carbocycles. The monoisotopic (exact) mass is 760 g/mol. The Balaban J connectivity index is 0.00000385. The van der Waals surface area contributed by atoms with Gasteiger partial charge in [-0.15, -0.1) is 0 Å². The highest BCUT2D eigenvalue weighted by Gasteiger charge is 2.66. The zero-order valence-corrected chi connectivity index (χ0v) is 34.2. The molecule has 3 aliphatic rings. The molecule has 3 heterocycles. The smallest absolute Gasteiger partial charge is 0.359 e. The number of hydrogen-bond donors (Lipinski definition) is 0. The number of carbonyl (C=O) groups is 4. The normalized spacial score (nSPS) is 19.4. The molecule has 54 heavy (non-hydrogen) atoms. The molecule has 1 aromatic carbocycles. The van der Waals surface area contributed by atoms with Gasteiger partial charge in [-0.25, -0.2) is 4.79 Å². The molecule has 2 aromatic rings. The molecule has 302 valence electrons. The average molecular weight is 761 g/mol. The Labute approximate surface area is 319 Å². The summed E-state index contributed by atoms with van der Waals surface area (Å²) in [5, 5.41) is 0. The van der Waals surface area contributed by atoms with Crippen LogP contribution in [0.5, 0.6) is 17.2 Å². The van der Waals surface area contributed by atoms with E-state index in [-0.39, 0.29) is 49.8 Å². The molecular formula is C40H60N2O12. The summed E-state index contributed by atoms with van der Waals surface area (Å²) < 4.78 is 47.9. The van der Waals surface area contributed by atoms with Gasteiger partial charge in [0.05, 0.1) is 49.0 Å². The van der Waals surface area contributed by atoms with Crippen molar-refractivity contribution in [2.45, 2.75) is 92.3 Å². The number of ether oxygens (including phenoxy) is 8. The number of methoxy groups -OCH3 is 2. The van der Waals surface area contributed by atoms with E-state index < -0.39 is 51.6 Å². The number of esters is 3. The Kier molecular flexibility index (Phi) is 15.3. The molecule has 0 radical (unpaired) electrons. The van der Waals surface area contributed by atoms with E-state index in [1.807, 2.05) is 48.5 Å². The van der Waals surface area contributed by atoms with E-state index in [2.05, 4.69) is 0 Å². The zero-order valence-electron chi connectivity index (χ0n) is 34.2. The molecule has 0 atom stereocenters. The van der Waals surface area contributed by atoms with Crippen LogP contribution < -0.4 is 14.2 Å². The van der Waals surface area contributed by atoms with Crippen LogP contribution in [0.1, 0.15) is 102 Å². The van der Waals surface area contributed by atoms with E-state index in [1.54, 1.807) is 38.3 Å². The minimum absolute atomic E-state index is 0.0198. The first-order valence-corrected chi connectivity index (χ1v) is 18.6. The molecule has 1 fully saturated rings. The quantitative estimate of drug-likeness (QED) is 0.129. The van der Waals surface area contributed by atoms with Crippen molar-refractivity contribution in [2.75, 3.05) is 68.0 Å². The van der Waals surface area contributed by atoms with Gasteiger partial charge in [-0.3, -0.25) is 19.0 Å². The maximum atomic E-state index is 14.6. The Morgan fingerprint density at radius 3 is 1.74 bits per heavy atom. The van der Waals surface area contributed by atoms with Gasteiger partial charge in [-0.05, 0) is 91.5 Å². The second-order valence-electron chi connectivity index (χ2n) is 14.8. The topological polar surface area (TPSA) is 150 Å². The van der Waals surface area contributed by atoms with Gasteiger partial charge in [0, 0.05) is 46.7 Å². The number of aromatic nitrogens is 1. The highest BCUT2D eigenvalue weighted by Crippen LogP contribution is 2.59. The van der Waals surface area contributed by atoms with E-state index >= 15 is 0 Å². The van der Waals surface area contributed by atoms with Gasteiger partial charge in [-0.1, -0.05) is 13.8 Å². The van der Waals surface area contributed by atoms with Crippen molar-refractivity contribution in [1.29, 1.82) is 0 Å². The van der Waals surface area contributed by atoms with Crippen molar-refractivity contribution in [3.63, 3.8) is 0 Å². The Hall–Kier alpha value is -3.98. The third-order valence-electron chi connectivity index (χ3n) is 9.54. The summed E-state index contributed by atoms with van der Waals surface area (Å²) in [7, 11) is 6.13. The van der Waals surface area contributed by atoms with Crippen molar-refractivity contribution in [2.24, 2.45) is 10.8 Å². The second kappa shape index (κ2) is 18.6. The van der Waals surface area contributed by atoms with Crippen molar-refractivity contribution in [3.8, 4) is 22.9 Å². The lowest BCUT2D eigenvalue weighted by Gasteiger charge is -2.52. The number of rotatable bonds is 18. The van der Waals surface area contributed by atoms with Crippen LogP contribution in [0.15, 0.2) is 24.3 Å². The van der Waals surface area contributed by atoms with Crippen LogP contribution in [0.2, 0.25) is 0 Å². The molecule has 0 spiro atoms. The predicted octanol–water partition coefficient (Wildman–Crippen LogP) is 6.04. The summed E-state index contributed by atoms with van der Waals surface area (Å²) in [6.07, 6.45) is 1.05. The van der Waals surface area contributed by atoms with E-state index in [1.165, 1.54) is 30.7 Å². The van der Waals surface area contributed by atoms with E-state index in [4.69, 9.17) is 37.9 Å². The fourth-order valence-corrected chi connectivity index (χ4v) is 6.37. The van der Waals surface area contributed by atoms with Gasteiger partial charge in [0.1, 0.15) is 5.75 Å². The van der Waals surface area contributed by atoms with Gasteiger partial charge >= 0.3 is 17.9 Å². The van der Waals surface area contributed by atoms with Crippen LogP contribution in [0, 0.1) is 10.8 Å². The fourth-order valence-electron chi connectivity index (χ4n) is 6.37. The molecule has 2 aliphatic heterocycles. The first kappa shape index (κ1) is 44.4. The number of hydrogen-bond acceptors (Lipinski definition) is 12. The molecule has 0 N–H and O–H groups in total. The number of carbonyl (C=O) groups excluding carboxylic acids is 4. The molecule has 1 amide bonds. The summed E-state index contributed by atoms with van der Waals surface area (Å²) in [5.74, 6) is -3.28. The van der Waals surface area contributed by atoms with Crippen LogP contribution in [-0.4, -0.2) is 112 Å². The maximum Gasteiger partial charge on any atom is 0.359 e. The van der Waals surface area contributed by atoms with Crippen molar-refractivity contribution >= 4 is 23.8 Å². The highest BCUT2D eigenvalue weighted by atomic mass is 16.6. The second-order valence-corrected chi connectivity index (χ2v) is 14.8. The largest absolute Gasteiger partial charge is 0.497 e. The van der Waals surface area contributed by atoms with Crippen LogP contribution in [0.4, 0.5) is 0 Å². The standard InChI is InChI=1S/C38H54N2O12.C2H6/c1-11-47-20-18-36(5,6)50-24-37-21-38(22-37,23-49-35(3,4)17-19-45-9)34(44)52-30-28(32(42)48-12-2)40(25-13-15-26(46-10)16-14-25)27(31(41)39(7)8)29(30)51-33(37)43;1-2/h13-16H,11-12,17-24H2,1-10H3;1-2H3. The van der Waals surface area contributed by atoms with E-state index in [9.17, 15) is 19.2 Å². The third-order valence-corrected chi connectivity index (χ3v) is 9.54. The molecule has 0 saturated heterocycles. The lowest BCUT2D eigenvalue weighted by atomic mass is 9.53. The number of amides is 1. The maximum absolute atomic E-state index is 14.6. The first-order chi connectivity index (χ1) is 25.5. The lowest BCUT2D eigenvalue weighted by molar-refractivity contribution is -0.203. The van der Waals surface area contributed by atoms with Gasteiger partial charge < -0.3 is 42.8 Å². The Morgan fingerprint density at radius 1 is 0.796 bits per heavy atom. The van der Waals surface area contributed by atoms with Crippen molar-refractivity contribution in [1.82, 2.24) is 9.47 Å². The fraction of sp³-hybridized carbons (Fsp3) is 0.650. The lowest BCUT2D eigenvalue weighted by Crippen LogP contribution is -2.61. The summed E-state index contributed by atoms with van der Waals surface area (Å²) >= 11 is 0. The van der Waals surface area contributed by atoms with Crippen molar-refractivity contribution < 1.29 is 57.1 Å². The first-order valence-electron chi connectivity index (χ1n) is 18.6. The van der Waals surface area contributed by atoms with Gasteiger partial charge in [0.15, 0.2) is 11.4 Å². The summed E-state index contributed by atoms with van der Waals surface area (Å²) in [4.78, 5) is 58.3. The Bertz CT molecular complexity index is 1600. The van der Waals surface area contributed by atoms with Crippen LogP contribution in [0.3, 0.4) is 0 Å². The number of nitrogens with zero attached hydrogens (tertiary/aromatic N) is 2. The molecule has 2 bridgehead atoms. The molecule has 0 unspecified atom stereocenters. The molecular weight excluding hydrogens is 700 g/mol. The summed E-state index contributed by atoms with van der Waals surface area (Å²) in [6.45, 7) is 16.3. The molecule has 1 aromatic heterocycles. The van der Waals surface area contributed by atoms with Crippen LogP contribution in [0.25, 0.3) is 5.69 Å². The van der Waals surface area contributed by atoms with Gasteiger partial charge in [-0.2, -0.15) is 0 Å². The van der Waals surface area contributed by atoms with Crippen LogP contribution >= 0.6 is 0 Å². The molecule has 14 nitrogen and oxygen atoms in total.